The summed E-state index contributed by atoms with van der Waals surface area (Å²) in [6.07, 6.45) is 1.64. The molecule has 3 N–H and O–H groups in total. The lowest BCUT2D eigenvalue weighted by atomic mass is 10.1. The normalized spacial score (nSPS) is 14.5. The Bertz CT molecular complexity index is 316. The van der Waals surface area contributed by atoms with Gasteiger partial charge in [0.1, 0.15) is 11.0 Å². The van der Waals surface area contributed by atoms with E-state index in [9.17, 15) is 9.32 Å². The van der Waals surface area contributed by atoms with E-state index >= 15 is 0 Å². The number of hydrogen-bond acceptors (Lipinski definition) is 3. The lowest BCUT2D eigenvalue weighted by molar-refractivity contribution is 0.0574. The molecule has 0 aromatic carbocycles. The smallest absolute Gasteiger partial charge is 0.164 e. The summed E-state index contributed by atoms with van der Waals surface area (Å²) in [5.74, 6) is 0. The van der Waals surface area contributed by atoms with Crippen LogP contribution in [0, 0.1) is 0 Å². The van der Waals surface area contributed by atoms with Gasteiger partial charge in [-0.15, -0.1) is 0 Å². The highest BCUT2D eigenvalue weighted by Crippen LogP contribution is 2.06. The highest BCUT2D eigenvalue weighted by molar-refractivity contribution is 7.82. The molecule has 0 bridgehead atoms. The first kappa shape index (κ1) is 10.4. The van der Waals surface area contributed by atoms with Crippen molar-refractivity contribution in [3.05, 3.63) is 12.3 Å². The third-order valence-electron chi connectivity index (χ3n) is 1.37. The molecule has 6 heteroatoms. The van der Waals surface area contributed by atoms with E-state index in [1.807, 2.05) is 0 Å². The number of hydrogen-bond donors (Lipinski definition) is 2. The highest BCUT2D eigenvalue weighted by atomic mass is 32.2. The van der Waals surface area contributed by atoms with E-state index in [0.717, 1.165) is 0 Å². The summed E-state index contributed by atoms with van der Waals surface area (Å²) in [6, 6.07) is 1.57. The van der Waals surface area contributed by atoms with E-state index in [4.69, 9.17) is 5.14 Å². The van der Waals surface area contributed by atoms with Gasteiger partial charge in [0.25, 0.3) is 0 Å². The predicted molar refractivity (Wildman–Crippen MR) is 49.1 cm³/mol. The standard InChI is InChI=1S/C7H13N3O2S/c1-7(2,11)5-10-4-3-6(9-10)13(8)12/h3-4,11H,5,8H2,1-2H3. The van der Waals surface area contributed by atoms with E-state index in [1.54, 1.807) is 26.1 Å². The van der Waals surface area contributed by atoms with E-state index in [2.05, 4.69) is 5.10 Å². The van der Waals surface area contributed by atoms with Crippen LogP contribution in [-0.4, -0.2) is 24.7 Å². The molecule has 13 heavy (non-hydrogen) atoms. The molecule has 0 spiro atoms. The average Bonchev–Trinajstić information content (AvgIpc) is 2.31. The van der Waals surface area contributed by atoms with Gasteiger partial charge in [-0.3, -0.25) is 4.68 Å². The van der Waals surface area contributed by atoms with Crippen LogP contribution in [0.1, 0.15) is 13.8 Å². The van der Waals surface area contributed by atoms with Gasteiger partial charge in [0.05, 0.1) is 12.1 Å². The minimum atomic E-state index is -1.55. The van der Waals surface area contributed by atoms with Crippen molar-refractivity contribution in [2.45, 2.75) is 31.0 Å². The van der Waals surface area contributed by atoms with E-state index in [1.165, 1.54) is 4.68 Å². The van der Waals surface area contributed by atoms with Gasteiger partial charge >= 0.3 is 0 Å². The van der Waals surface area contributed by atoms with Crippen molar-refractivity contribution in [2.24, 2.45) is 5.14 Å². The Morgan fingerprint density at radius 2 is 2.38 bits per heavy atom. The van der Waals surface area contributed by atoms with Gasteiger partial charge in [-0.2, -0.15) is 5.10 Å². The lowest BCUT2D eigenvalue weighted by Gasteiger charge is -2.16. The first-order valence-electron chi connectivity index (χ1n) is 3.80. The van der Waals surface area contributed by atoms with Crippen LogP contribution in [-0.2, 0) is 17.5 Å². The van der Waals surface area contributed by atoms with Crippen LogP contribution in [0.15, 0.2) is 17.3 Å². The van der Waals surface area contributed by atoms with Crippen molar-refractivity contribution in [3.8, 4) is 0 Å². The van der Waals surface area contributed by atoms with E-state index in [-0.39, 0.29) is 0 Å². The molecule has 0 aliphatic heterocycles. The summed E-state index contributed by atoms with van der Waals surface area (Å²) in [5.41, 5.74) is -0.834. The summed E-state index contributed by atoms with van der Waals surface area (Å²) in [5, 5.41) is 18.8. The molecule has 1 unspecified atom stereocenters. The first-order chi connectivity index (χ1) is 5.88. The maximum atomic E-state index is 10.8. The third kappa shape index (κ3) is 3.25. The maximum absolute atomic E-state index is 10.8. The third-order valence-corrected chi connectivity index (χ3v) is 2.00. The molecule has 1 heterocycles. The van der Waals surface area contributed by atoms with Crippen LogP contribution in [0.5, 0.6) is 0 Å². The molecule has 0 saturated carbocycles. The fourth-order valence-corrected chi connectivity index (χ4v) is 1.32. The van der Waals surface area contributed by atoms with E-state index in [0.29, 0.717) is 11.6 Å². The zero-order valence-electron chi connectivity index (χ0n) is 7.60. The molecular weight excluding hydrogens is 190 g/mol. The quantitative estimate of drug-likeness (QED) is 0.703. The molecule has 1 aromatic rings. The molecule has 74 valence electrons. The number of nitrogens with two attached hydrogens (primary N) is 1. The van der Waals surface area contributed by atoms with Crippen LogP contribution >= 0.6 is 0 Å². The van der Waals surface area contributed by atoms with Gasteiger partial charge in [-0.25, -0.2) is 9.35 Å². The van der Waals surface area contributed by atoms with Crippen LogP contribution in [0.4, 0.5) is 0 Å². The first-order valence-corrected chi connectivity index (χ1v) is 5.02. The molecule has 5 nitrogen and oxygen atoms in total. The number of aliphatic hydroxyl groups is 1. The second kappa shape index (κ2) is 3.57. The number of aromatic nitrogens is 2. The Morgan fingerprint density at radius 1 is 1.77 bits per heavy atom. The Balaban J connectivity index is 2.75. The van der Waals surface area contributed by atoms with Gasteiger partial charge in [-0.1, -0.05) is 0 Å². The maximum Gasteiger partial charge on any atom is 0.164 e. The summed E-state index contributed by atoms with van der Waals surface area (Å²) in [4.78, 5) is 0. The topological polar surface area (TPSA) is 81.1 Å². The highest BCUT2D eigenvalue weighted by Gasteiger charge is 2.14. The average molecular weight is 203 g/mol. The Labute approximate surface area is 79.1 Å². The zero-order valence-corrected chi connectivity index (χ0v) is 8.41. The number of nitrogens with zero attached hydrogens (tertiary/aromatic N) is 2. The van der Waals surface area contributed by atoms with Crippen molar-refractivity contribution in [2.75, 3.05) is 0 Å². The van der Waals surface area contributed by atoms with Gasteiger partial charge in [0.15, 0.2) is 5.03 Å². The zero-order chi connectivity index (χ0) is 10.1. The number of rotatable bonds is 3. The Kier molecular flexibility index (Phi) is 2.84. The molecule has 0 aliphatic carbocycles. The molecule has 0 amide bonds. The summed E-state index contributed by atoms with van der Waals surface area (Å²) < 4.78 is 12.3. The minimum absolute atomic E-state index is 0.323. The van der Waals surface area contributed by atoms with Crippen molar-refractivity contribution < 1.29 is 9.32 Å². The lowest BCUT2D eigenvalue weighted by Crippen LogP contribution is -2.26. The summed E-state index contributed by atoms with van der Waals surface area (Å²) in [6.45, 7) is 3.70. The van der Waals surface area contributed by atoms with Gasteiger partial charge in [0.2, 0.25) is 0 Å². The SMILES string of the molecule is CC(C)(O)Cn1ccc(S(N)=O)n1. The second-order valence-corrected chi connectivity index (χ2v) is 4.47. The molecule has 0 aliphatic rings. The van der Waals surface area contributed by atoms with Gasteiger partial charge in [0, 0.05) is 6.20 Å². The van der Waals surface area contributed by atoms with Crippen molar-refractivity contribution in [3.63, 3.8) is 0 Å². The molecule has 0 fully saturated rings. The van der Waals surface area contributed by atoms with Crippen LogP contribution in [0.3, 0.4) is 0 Å². The predicted octanol–water partition coefficient (Wildman–Crippen LogP) is -0.365. The minimum Gasteiger partial charge on any atom is -0.389 e. The van der Waals surface area contributed by atoms with Crippen molar-refractivity contribution in [1.29, 1.82) is 0 Å². The molecule has 1 aromatic heterocycles. The van der Waals surface area contributed by atoms with Crippen LogP contribution < -0.4 is 5.14 Å². The van der Waals surface area contributed by atoms with Gasteiger partial charge < -0.3 is 5.11 Å². The van der Waals surface area contributed by atoms with Crippen LogP contribution in [0.2, 0.25) is 0 Å². The van der Waals surface area contributed by atoms with Crippen molar-refractivity contribution >= 4 is 11.0 Å². The summed E-state index contributed by atoms with van der Waals surface area (Å²) >= 11 is 0. The molecule has 0 saturated heterocycles. The molecule has 1 rings (SSSR count). The van der Waals surface area contributed by atoms with E-state index < -0.39 is 16.6 Å². The Morgan fingerprint density at radius 3 is 2.77 bits per heavy atom. The largest absolute Gasteiger partial charge is 0.389 e. The monoisotopic (exact) mass is 203 g/mol. The van der Waals surface area contributed by atoms with Gasteiger partial charge in [-0.05, 0) is 19.9 Å². The molecule has 1 atom stereocenters. The molecule has 0 radical (unpaired) electrons. The van der Waals surface area contributed by atoms with Crippen molar-refractivity contribution in [1.82, 2.24) is 9.78 Å². The Hall–Kier alpha value is -0.720. The van der Waals surface area contributed by atoms with Crippen LogP contribution in [0.25, 0.3) is 0 Å². The molecular formula is C7H13N3O2S. The summed E-state index contributed by atoms with van der Waals surface area (Å²) in [7, 11) is -1.55. The fourth-order valence-electron chi connectivity index (χ4n) is 0.935. The fraction of sp³-hybridized carbons (Fsp3) is 0.571. The second-order valence-electron chi connectivity index (χ2n) is 3.46.